The van der Waals surface area contributed by atoms with E-state index >= 15 is 0 Å². The van der Waals surface area contributed by atoms with Crippen molar-refractivity contribution in [3.8, 4) is 0 Å². The Hall–Kier alpha value is -3.17. The molecule has 0 spiro atoms. The van der Waals surface area contributed by atoms with E-state index < -0.39 is 45.3 Å². The maximum absolute atomic E-state index is 12.6. The molecule has 0 aromatic carbocycles. The van der Waals surface area contributed by atoms with Crippen LogP contribution in [0.5, 0.6) is 0 Å². The largest absolute Gasteiger partial charge is 0.870 e. The molecule has 15 heteroatoms. The van der Waals surface area contributed by atoms with Gasteiger partial charge in [-0.25, -0.2) is 0 Å². The summed E-state index contributed by atoms with van der Waals surface area (Å²) in [5.74, 6) is -5.66. The second-order valence-corrected chi connectivity index (χ2v) is 7.20. The molecule has 0 aliphatic carbocycles. The average Bonchev–Trinajstić information content (AvgIpc) is 3.21. The minimum Gasteiger partial charge on any atom is -0.870 e. The molecule has 0 radical (unpaired) electrons. The number of carbonyl (C=O) groups excluding carboxylic acids is 4. The summed E-state index contributed by atoms with van der Waals surface area (Å²) in [6.45, 7) is 4.34. The second kappa shape index (κ2) is 10.7. The van der Waals surface area contributed by atoms with Gasteiger partial charge in [-0.15, -0.1) is 0 Å². The molecule has 2 amide bonds. The minimum atomic E-state index is -5.26. The maximum Gasteiger partial charge on any atom is 0.482 e. The van der Waals surface area contributed by atoms with Crippen LogP contribution in [-0.4, -0.2) is 73.0 Å². The van der Waals surface area contributed by atoms with E-state index in [0.717, 1.165) is 18.9 Å². The Labute approximate surface area is 177 Å². The quantitative estimate of drug-likeness (QED) is 0.154. The molecule has 1 aliphatic rings. The molecule has 1 fully saturated rings. The van der Waals surface area contributed by atoms with Gasteiger partial charge in [0, 0.05) is 26.2 Å². The van der Waals surface area contributed by atoms with Crippen molar-refractivity contribution in [1.82, 2.24) is 15.6 Å². The molecule has 14 nitrogen and oxygen atoms in total. The first-order valence-electron chi connectivity index (χ1n) is 9.13. The summed E-state index contributed by atoms with van der Waals surface area (Å²) in [6.07, 6.45) is 1.61. The highest BCUT2D eigenvalue weighted by molar-refractivity contribution is 7.80. The van der Waals surface area contributed by atoms with E-state index in [1.807, 2.05) is 0 Å². The third kappa shape index (κ3) is 6.40. The standard InChI is InChI=1S/C16H21N5O8S.H2O/c1-3-17-15(24)12(22)10-9-11(20-7-5-6-8-20)19-14(13(23)16(25)18-4-2)21(10)29-30(26,27)28;/h9H,3-8H2,1-2H3,(H2-,17,18,24,25,26,27,28);1H2. The first-order valence-corrected chi connectivity index (χ1v) is 10.5. The fraction of sp³-hybridized carbons (Fsp3) is 0.500. The van der Waals surface area contributed by atoms with Gasteiger partial charge in [0.15, 0.2) is 0 Å². The van der Waals surface area contributed by atoms with Crippen LogP contribution in [0.25, 0.3) is 0 Å². The number of anilines is 1. The van der Waals surface area contributed by atoms with Gasteiger partial charge in [-0.1, -0.05) is 0 Å². The van der Waals surface area contributed by atoms with Gasteiger partial charge in [0.1, 0.15) is 0 Å². The lowest BCUT2D eigenvalue weighted by Crippen LogP contribution is -2.58. The molecule has 1 aromatic rings. The van der Waals surface area contributed by atoms with Gasteiger partial charge in [0.2, 0.25) is 11.5 Å². The zero-order valence-electron chi connectivity index (χ0n) is 16.8. The molecule has 1 aromatic heterocycles. The van der Waals surface area contributed by atoms with Gasteiger partial charge in [-0.3, -0.25) is 23.7 Å². The molecule has 1 aliphatic heterocycles. The molecule has 1 saturated heterocycles. The van der Waals surface area contributed by atoms with Crippen molar-refractivity contribution in [3.05, 3.63) is 17.6 Å². The number of rotatable bonds is 9. The summed E-state index contributed by atoms with van der Waals surface area (Å²) >= 11 is 0. The fourth-order valence-electron chi connectivity index (χ4n) is 2.76. The number of nitrogens with zero attached hydrogens (tertiary/aromatic N) is 3. The van der Waals surface area contributed by atoms with E-state index in [4.69, 9.17) is 4.55 Å². The molecule has 31 heavy (non-hydrogen) atoms. The number of ketones is 2. The number of nitrogens with one attached hydrogen (secondary N) is 2. The summed E-state index contributed by atoms with van der Waals surface area (Å²) in [7, 11) is -5.26. The van der Waals surface area contributed by atoms with Crippen molar-refractivity contribution in [2.24, 2.45) is 0 Å². The third-order valence-electron chi connectivity index (χ3n) is 4.02. The van der Waals surface area contributed by atoms with Gasteiger partial charge < -0.3 is 21.0 Å². The van der Waals surface area contributed by atoms with Crippen LogP contribution in [0.4, 0.5) is 5.82 Å². The minimum absolute atomic E-state index is 0. The van der Waals surface area contributed by atoms with Gasteiger partial charge in [-0.05, 0) is 36.4 Å². The van der Waals surface area contributed by atoms with Crippen molar-refractivity contribution in [3.63, 3.8) is 0 Å². The molecular weight excluding hydrogens is 438 g/mol. The molecular formula is C16H23N5O9S. The van der Waals surface area contributed by atoms with Crippen molar-refractivity contribution in [2.75, 3.05) is 31.1 Å². The summed E-state index contributed by atoms with van der Waals surface area (Å²) in [5, 5.41) is 4.47. The number of carbonyl (C=O) groups is 4. The van der Waals surface area contributed by atoms with E-state index in [2.05, 4.69) is 19.9 Å². The summed E-state index contributed by atoms with van der Waals surface area (Å²) in [5.41, 5.74) is -0.705. The number of aromatic nitrogens is 2. The zero-order valence-corrected chi connectivity index (χ0v) is 17.6. The monoisotopic (exact) mass is 461 g/mol. The Bertz CT molecular complexity index is 923. The Kier molecular flexibility index (Phi) is 8.96. The van der Waals surface area contributed by atoms with Crippen molar-refractivity contribution < 1.29 is 46.6 Å². The maximum atomic E-state index is 12.6. The summed E-state index contributed by atoms with van der Waals surface area (Å²) < 4.78 is 36.2. The van der Waals surface area contributed by atoms with E-state index in [1.165, 1.54) is 0 Å². The van der Waals surface area contributed by atoms with E-state index in [1.54, 1.807) is 18.7 Å². The van der Waals surface area contributed by atoms with Crippen LogP contribution >= 0.6 is 0 Å². The van der Waals surface area contributed by atoms with E-state index in [0.29, 0.717) is 13.1 Å². The molecule has 0 bridgehead atoms. The molecule has 2 rings (SSSR count). The summed E-state index contributed by atoms with van der Waals surface area (Å²) in [6, 6.07) is 1.06. The number of Topliss-reactive ketones (excluding diaryl/α,β-unsaturated/α-hetero) is 2. The van der Waals surface area contributed by atoms with Crippen LogP contribution in [0.1, 0.15) is 47.8 Å². The van der Waals surface area contributed by atoms with Crippen LogP contribution in [0.2, 0.25) is 0 Å². The van der Waals surface area contributed by atoms with E-state index in [-0.39, 0.29) is 29.1 Å². The average molecular weight is 461 g/mol. The Morgan fingerprint density at radius 1 is 1.10 bits per heavy atom. The number of likely N-dealkylation sites (N-methyl/N-ethyl adjacent to an activating group) is 2. The summed E-state index contributed by atoms with van der Waals surface area (Å²) in [4.78, 5) is 55.0. The van der Waals surface area contributed by atoms with Crippen LogP contribution in [0.15, 0.2) is 6.07 Å². The number of hydrogen-bond acceptors (Lipinski definition) is 10. The zero-order chi connectivity index (χ0) is 22.5. The predicted molar refractivity (Wildman–Crippen MR) is 102 cm³/mol. The Morgan fingerprint density at radius 3 is 2.10 bits per heavy atom. The highest BCUT2D eigenvalue weighted by Crippen LogP contribution is 2.19. The lowest BCUT2D eigenvalue weighted by atomic mass is 10.2. The SMILES string of the molecule is CCNC(=O)C(=O)c1cc(N2CCCC2)nc(C(=O)C(=O)NCC)[n+]1OS(=O)(=O)O.[OH-]. The van der Waals surface area contributed by atoms with Gasteiger partial charge in [-0.2, -0.15) is 12.7 Å². The smallest absolute Gasteiger partial charge is 0.482 e. The first-order chi connectivity index (χ1) is 14.1. The topological polar surface area (TPSA) is 206 Å². The van der Waals surface area contributed by atoms with Crippen LogP contribution in [0.3, 0.4) is 0 Å². The predicted octanol–water partition coefficient (Wildman–Crippen LogP) is -2.34. The van der Waals surface area contributed by atoms with Crippen LogP contribution < -0.4 is 24.5 Å². The molecule has 172 valence electrons. The third-order valence-corrected chi connectivity index (χ3v) is 4.36. The van der Waals surface area contributed by atoms with Crippen molar-refractivity contribution in [2.45, 2.75) is 26.7 Å². The van der Waals surface area contributed by atoms with Crippen molar-refractivity contribution >= 4 is 39.6 Å². The molecule has 4 N–H and O–H groups in total. The lowest BCUT2D eigenvalue weighted by Gasteiger charge is -2.14. The molecule has 0 saturated carbocycles. The number of amides is 2. The second-order valence-electron chi connectivity index (χ2n) is 6.19. The Balaban J connectivity index is 0.00000480. The van der Waals surface area contributed by atoms with Crippen molar-refractivity contribution in [1.29, 1.82) is 0 Å². The van der Waals surface area contributed by atoms with Gasteiger partial charge >= 0.3 is 27.9 Å². The normalized spacial score (nSPS) is 13.2. The highest BCUT2D eigenvalue weighted by Gasteiger charge is 2.40. The molecule has 0 atom stereocenters. The lowest BCUT2D eigenvalue weighted by molar-refractivity contribution is -0.861. The number of hydrogen-bond donors (Lipinski definition) is 3. The fourth-order valence-corrected chi connectivity index (χ4v) is 3.10. The van der Waals surface area contributed by atoms with Gasteiger partial charge in [0.25, 0.3) is 11.7 Å². The highest BCUT2D eigenvalue weighted by atomic mass is 32.3. The van der Waals surface area contributed by atoms with Gasteiger partial charge in [0.05, 0.1) is 6.07 Å². The van der Waals surface area contributed by atoms with E-state index in [9.17, 15) is 27.6 Å². The first kappa shape index (κ1) is 25.9. The molecule has 2 heterocycles. The van der Waals surface area contributed by atoms with Crippen LogP contribution in [0, 0.1) is 0 Å². The molecule has 0 unspecified atom stereocenters. The van der Waals surface area contributed by atoms with Crippen LogP contribution in [-0.2, 0) is 20.0 Å². The Morgan fingerprint density at radius 2 is 1.61 bits per heavy atom.